The van der Waals surface area contributed by atoms with Crippen molar-refractivity contribution in [3.8, 4) is 5.95 Å². The summed E-state index contributed by atoms with van der Waals surface area (Å²) >= 11 is 0. The molecule has 2 aliphatic rings. The summed E-state index contributed by atoms with van der Waals surface area (Å²) in [6.07, 6.45) is 8.03. The minimum Gasteiger partial charge on any atom is -0.342 e. The minimum atomic E-state index is -2.82. The van der Waals surface area contributed by atoms with Crippen LogP contribution in [0.25, 0.3) is 17.0 Å². The molecule has 1 aromatic carbocycles. The Kier molecular flexibility index (Phi) is 5.34. The molecular weight excluding hydrogens is 435 g/mol. The fraction of sp³-hybridized carbons (Fsp3) is 0.455. The van der Waals surface area contributed by atoms with Gasteiger partial charge in [0, 0.05) is 19.2 Å². The lowest BCUT2D eigenvalue weighted by molar-refractivity contribution is -0.0266. The molecular formula is C22H24F3N7O. The summed E-state index contributed by atoms with van der Waals surface area (Å²) in [4.78, 5) is 28.7. The Morgan fingerprint density at radius 3 is 2.67 bits per heavy atom. The smallest absolute Gasteiger partial charge is 0.321 e. The number of alkyl halides is 2. The van der Waals surface area contributed by atoms with E-state index >= 15 is 0 Å². The van der Waals surface area contributed by atoms with Gasteiger partial charge in [-0.3, -0.25) is 9.47 Å². The van der Waals surface area contributed by atoms with Gasteiger partial charge in [0.25, 0.3) is 5.92 Å². The van der Waals surface area contributed by atoms with E-state index in [1.165, 1.54) is 45.1 Å². The third-order valence-electron chi connectivity index (χ3n) is 6.20. The molecule has 2 fully saturated rings. The fourth-order valence-electron chi connectivity index (χ4n) is 4.37. The van der Waals surface area contributed by atoms with Gasteiger partial charge >= 0.3 is 6.03 Å². The van der Waals surface area contributed by atoms with Crippen molar-refractivity contribution in [3.05, 3.63) is 36.5 Å². The highest BCUT2D eigenvalue weighted by Crippen LogP contribution is 2.36. The number of benzene rings is 1. The average molecular weight is 459 g/mol. The van der Waals surface area contributed by atoms with E-state index < -0.39 is 24.8 Å². The predicted octanol–water partition coefficient (Wildman–Crippen LogP) is 3.89. The number of carbonyl (C=O) groups is 1. The summed E-state index contributed by atoms with van der Waals surface area (Å²) in [6, 6.07) is 3.91. The second-order valence-corrected chi connectivity index (χ2v) is 8.68. The highest BCUT2D eigenvalue weighted by molar-refractivity contribution is 5.94. The maximum Gasteiger partial charge on any atom is 0.321 e. The highest BCUT2D eigenvalue weighted by Gasteiger charge is 2.46. The number of urea groups is 1. The van der Waals surface area contributed by atoms with Crippen molar-refractivity contribution in [3.63, 3.8) is 0 Å². The Bertz CT molecular complexity index is 1180. The molecule has 1 aliphatic heterocycles. The minimum absolute atomic E-state index is 0.0953. The molecule has 3 heterocycles. The van der Waals surface area contributed by atoms with Gasteiger partial charge in [-0.2, -0.15) is 4.98 Å². The van der Waals surface area contributed by atoms with E-state index in [1.807, 2.05) is 0 Å². The van der Waals surface area contributed by atoms with Crippen molar-refractivity contribution in [2.75, 3.05) is 29.9 Å². The van der Waals surface area contributed by atoms with Gasteiger partial charge in [0.1, 0.15) is 17.8 Å². The van der Waals surface area contributed by atoms with E-state index in [9.17, 15) is 18.0 Å². The van der Waals surface area contributed by atoms with Gasteiger partial charge in [0.05, 0.1) is 30.3 Å². The Morgan fingerprint density at radius 2 is 1.94 bits per heavy atom. The monoisotopic (exact) mass is 459 g/mol. The molecule has 1 aliphatic carbocycles. The normalized spacial score (nSPS) is 18.2. The van der Waals surface area contributed by atoms with Crippen LogP contribution < -0.4 is 15.1 Å². The van der Waals surface area contributed by atoms with E-state index in [0.29, 0.717) is 16.7 Å². The number of carbonyl (C=O) groups excluding carboxylic acids is 1. The number of halogens is 3. The number of rotatable bonds is 4. The van der Waals surface area contributed by atoms with Crippen LogP contribution in [-0.4, -0.2) is 57.7 Å². The molecule has 1 N–H and O–H groups in total. The third kappa shape index (κ3) is 4.19. The Labute approximate surface area is 188 Å². The summed E-state index contributed by atoms with van der Waals surface area (Å²) in [6.45, 7) is -1.01. The van der Waals surface area contributed by atoms with Crippen LogP contribution in [-0.2, 0) is 0 Å². The first-order valence-electron chi connectivity index (χ1n) is 11.0. The number of fused-ring (bicyclic) bond motifs is 1. The SMILES string of the molecule is CN(C(=O)NC1CCCCC1)c1cnc(-n2cnc3ccc(F)cc32)nc1N1CC(F)(F)C1. The van der Waals surface area contributed by atoms with Gasteiger partial charge in [0.15, 0.2) is 5.82 Å². The standard InChI is InChI=1S/C22H24F3N7O/c1-30(21(33)28-15-5-3-2-4-6-15)18-10-26-20(29-19(18)31-11-22(24,25)12-31)32-13-27-16-8-7-14(23)9-17(16)32/h7-10,13,15H,2-6,11-12H2,1H3,(H,28,33). The molecule has 1 saturated heterocycles. The van der Waals surface area contributed by atoms with Crippen LogP contribution in [0.15, 0.2) is 30.7 Å². The van der Waals surface area contributed by atoms with Crippen LogP contribution in [0, 0.1) is 5.82 Å². The fourth-order valence-corrected chi connectivity index (χ4v) is 4.37. The lowest BCUT2D eigenvalue weighted by Gasteiger charge is -2.41. The third-order valence-corrected chi connectivity index (χ3v) is 6.20. The van der Waals surface area contributed by atoms with E-state index in [2.05, 4.69) is 20.3 Å². The zero-order valence-electron chi connectivity index (χ0n) is 18.1. The second kappa shape index (κ2) is 8.20. The molecule has 0 atom stereocenters. The van der Waals surface area contributed by atoms with Crippen LogP contribution in [0.2, 0.25) is 0 Å². The molecule has 174 valence electrons. The molecule has 1 saturated carbocycles. The van der Waals surface area contributed by atoms with E-state index in [4.69, 9.17) is 0 Å². The second-order valence-electron chi connectivity index (χ2n) is 8.68. The Balaban J connectivity index is 1.48. The predicted molar refractivity (Wildman–Crippen MR) is 118 cm³/mol. The van der Waals surface area contributed by atoms with E-state index in [1.54, 1.807) is 7.05 Å². The van der Waals surface area contributed by atoms with Crippen molar-refractivity contribution in [1.82, 2.24) is 24.8 Å². The number of aromatic nitrogens is 4. The molecule has 11 heteroatoms. The number of hydrogen-bond donors (Lipinski definition) is 1. The van der Waals surface area contributed by atoms with Crippen LogP contribution in [0.5, 0.6) is 0 Å². The molecule has 5 rings (SSSR count). The van der Waals surface area contributed by atoms with E-state index in [0.717, 1.165) is 32.1 Å². The first kappa shape index (κ1) is 21.5. The molecule has 3 aromatic rings. The number of nitrogens with zero attached hydrogens (tertiary/aromatic N) is 6. The maximum atomic E-state index is 13.8. The van der Waals surface area contributed by atoms with Crippen molar-refractivity contribution in [2.45, 2.75) is 44.1 Å². The lowest BCUT2D eigenvalue weighted by Crippen LogP contribution is -2.57. The van der Waals surface area contributed by atoms with Gasteiger partial charge in [-0.1, -0.05) is 19.3 Å². The first-order chi connectivity index (χ1) is 15.8. The number of amides is 2. The lowest BCUT2D eigenvalue weighted by atomic mass is 9.96. The zero-order valence-corrected chi connectivity index (χ0v) is 18.1. The summed E-state index contributed by atoms with van der Waals surface area (Å²) in [5.41, 5.74) is 1.31. The van der Waals surface area contributed by atoms with Crippen molar-refractivity contribution >= 4 is 28.6 Å². The Morgan fingerprint density at radius 1 is 1.18 bits per heavy atom. The summed E-state index contributed by atoms with van der Waals surface area (Å²) in [5.74, 6) is -2.90. The summed E-state index contributed by atoms with van der Waals surface area (Å²) in [7, 11) is 1.57. The summed E-state index contributed by atoms with van der Waals surface area (Å²) in [5, 5.41) is 3.02. The zero-order chi connectivity index (χ0) is 23.2. The van der Waals surface area contributed by atoms with Crippen LogP contribution in [0.4, 0.5) is 29.5 Å². The van der Waals surface area contributed by atoms with Gasteiger partial charge < -0.3 is 10.2 Å². The summed E-state index contributed by atoms with van der Waals surface area (Å²) < 4.78 is 42.6. The van der Waals surface area contributed by atoms with Crippen molar-refractivity contribution in [2.24, 2.45) is 0 Å². The Hall–Kier alpha value is -3.37. The maximum absolute atomic E-state index is 13.8. The van der Waals surface area contributed by atoms with Crippen LogP contribution in [0.3, 0.4) is 0 Å². The average Bonchev–Trinajstić information content (AvgIpc) is 3.20. The topological polar surface area (TPSA) is 79.2 Å². The molecule has 8 nitrogen and oxygen atoms in total. The van der Waals surface area contributed by atoms with Crippen molar-refractivity contribution in [1.29, 1.82) is 0 Å². The first-order valence-corrected chi connectivity index (χ1v) is 11.0. The molecule has 2 aromatic heterocycles. The number of hydrogen-bond acceptors (Lipinski definition) is 5. The largest absolute Gasteiger partial charge is 0.342 e. The number of nitrogens with one attached hydrogen (secondary N) is 1. The molecule has 0 bridgehead atoms. The molecule has 0 unspecified atom stereocenters. The highest BCUT2D eigenvalue weighted by atomic mass is 19.3. The van der Waals surface area contributed by atoms with Gasteiger partial charge in [-0.15, -0.1) is 0 Å². The molecule has 0 radical (unpaired) electrons. The quantitative estimate of drug-likeness (QED) is 0.641. The molecule has 33 heavy (non-hydrogen) atoms. The van der Waals surface area contributed by atoms with E-state index in [-0.39, 0.29) is 23.8 Å². The van der Waals surface area contributed by atoms with Gasteiger partial charge in [-0.05, 0) is 25.0 Å². The molecule has 2 amide bonds. The number of anilines is 2. The molecule has 0 spiro atoms. The van der Waals surface area contributed by atoms with Crippen molar-refractivity contribution < 1.29 is 18.0 Å². The van der Waals surface area contributed by atoms with Gasteiger partial charge in [0.2, 0.25) is 5.95 Å². The van der Waals surface area contributed by atoms with Gasteiger partial charge in [-0.25, -0.2) is 27.9 Å². The van der Waals surface area contributed by atoms with Crippen LogP contribution >= 0.6 is 0 Å². The number of imidazole rings is 1. The van der Waals surface area contributed by atoms with Crippen LogP contribution in [0.1, 0.15) is 32.1 Å².